The number of aliphatic hydroxyl groups is 1. The van der Waals surface area contributed by atoms with E-state index in [9.17, 15) is 5.11 Å². The Labute approximate surface area is 168 Å². The van der Waals surface area contributed by atoms with Crippen molar-refractivity contribution in [3.05, 3.63) is 71.8 Å². The Hall–Kier alpha value is -1.72. The highest BCUT2D eigenvalue weighted by atomic mass is 16.3. The van der Waals surface area contributed by atoms with Crippen LogP contribution in [0.4, 0.5) is 0 Å². The first-order valence-electron chi connectivity index (χ1n) is 10.7. The number of aliphatic hydroxyl groups excluding tert-OH is 1. The molecule has 2 aromatic rings. The minimum Gasteiger partial charge on any atom is -0.396 e. The molecule has 2 aliphatic heterocycles. The second-order valence-corrected chi connectivity index (χ2v) is 8.66. The molecule has 2 aromatic carbocycles. The van der Waals surface area contributed by atoms with Crippen molar-refractivity contribution in [1.29, 1.82) is 0 Å². The van der Waals surface area contributed by atoms with E-state index in [2.05, 4.69) is 76.4 Å². The largest absolute Gasteiger partial charge is 0.396 e. The van der Waals surface area contributed by atoms with Gasteiger partial charge in [0.05, 0.1) is 6.04 Å². The van der Waals surface area contributed by atoms with Gasteiger partial charge < -0.3 is 10.0 Å². The third-order valence-electron chi connectivity index (χ3n) is 6.61. The van der Waals surface area contributed by atoms with E-state index in [4.69, 9.17) is 0 Å². The Morgan fingerprint density at radius 2 is 1.79 bits per heavy atom. The zero-order valence-corrected chi connectivity index (χ0v) is 16.7. The number of nitrogens with zero attached hydrogens (tertiary/aromatic N) is 1. The Kier molecular flexibility index (Phi) is 6.43. The van der Waals surface area contributed by atoms with Gasteiger partial charge in [-0.25, -0.2) is 5.43 Å². The SMILES string of the molecule is OCC1(CCc2ccccc2)CCCN(CC2CNNC2c2ccccc2)C1. The van der Waals surface area contributed by atoms with Crippen molar-refractivity contribution in [3.63, 3.8) is 0 Å². The van der Waals surface area contributed by atoms with Gasteiger partial charge in [0, 0.05) is 37.6 Å². The molecule has 4 heteroatoms. The highest BCUT2D eigenvalue weighted by molar-refractivity contribution is 5.21. The van der Waals surface area contributed by atoms with Gasteiger partial charge in [-0.15, -0.1) is 0 Å². The summed E-state index contributed by atoms with van der Waals surface area (Å²) in [5, 5.41) is 10.3. The van der Waals surface area contributed by atoms with E-state index in [1.54, 1.807) is 0 Å². The van der Waals surface area contributed by atoms with Gasteiger partial charge in [0.15, 0.2) is 0 Å². The summed E-state index contributed by atoms with van der Waals surface area (Å²) in [5.41, 5.74) is 9.60. The van der Waals surface area contributed by atoms with E-state index < -0.39 is 0 Å². The third-order valence-corrected chi connectivity index (χ3v) is 6.61. The lowest BCUT2D eigenvalue weighted by atomic mass is 9.76. The molecule has 4 nitrogen and oxygen atoms in total. The normalized spacial score (nSPS) is 28.5. The minimum atomic E-state index is 0.0375. The van der Waals surface area contributed by atoms with Crippen LogP contribution in [0.15, 0.2) is 60.7 Å². The molecule has 0 aromatic heterocycles. The smallest absolute Gasteiger partial charge is 0.0515 e. The molecular formula is C24H33N3O. The molecule has 150 valence electrons. The number of nitrogens with one attached hydrogen (secondary N) is 2. The van der Waals surface area contributed by atoms with Gasteiger partial charge in [-0.3, -0.25) is 5.43 Å². The van der Waals surface area contributed by atoms with E-state index in [1.165, 1.54) is 17.5 Å². The van der Waals surface area contributed by atoms with E-state index >= 15 is 0 Å². The zero-order valence-electron chi connectivity index (χ0n) is 16.7. The van der Waals surface area contributed by atoms with Crippen LogP contribution in [-0.2, 0) is 6.42 Å². The fourth-order valence-electron chi connectivity index (χ4n) is 4.99. The van der Waals surface area contributed by atoms with Gasteiger partial charge in [-0.05, 0) is 43.4 Å². The molecular weight excluding hydrogens is 346 g/mol. The lowest BCUT2D eigenvalue weighted by Crippen LogP contribution is -2.47. The van der Waals surface area contributed by atoms with Gasteiger partial charge in [0.2, 0.25) is 0 Å². The summed E-state index contributed by atoms with van der Waals surface area (Å²) >= 11 is 0. The molecule has 2 aliphatic rings. The average Bonchev–Trinajstić information content (AvgIpc) is 3.22. The molecule has 4 rings (SSSR count). The first kappa shape index (κ1) is 19.6. The maximum atomic E-state index is 10.3. The van der Waals surface area contributed by atoms with Crippen molar-refractivity contribution in [1.82, 2.24) is 15.8 Å². The average molecular weight is 380 g/mol. The minimum absolute atomic E-state index is 0.0375. The number of aryl methyl sites for hydroxylation is 1. The van der Waals surface area contributed by atoms with Crippen LogP contribution in [-0.4, -0.2) is 42.8 Å². The number of rotatable bonds is 7. The van der Waals surface area contributed by atoms with Crippen molar-refractivity contribution in [2.45, 2.75) is 31.7 Å². The maximum absolute atomic E-state index is 10.3. The molecule has 3 unspecified atom stereocenters. The maximum Gasteiger partial charge on any atom is 0.0515 e. The number of hydrogen-bond acceptors (Lipinski definition) is 4. The standard InChI is InChI=1S/C24H33N3O/c28-19-24(14-12-20-8-3-1-4-9-20)13-7-15-27(18-24)17-22-16-25-26-23(22)21-10-5-2-6-11-21/h1-6,8-11,22-23,25-26,28H,7,12-19H2. The van der Waals surface area contributed by atoms with Crippen LogP contribution in [0.25, 0.3) is 0 Å². The zero-order chi connectivity index (χ0) is 19.2. The molecule has 0 aliphatic carbocycles. The molecule has 0 radical (unpaired) electrons. The summed E-state index contributed by atoms with van der Waals surface area (Å²) in [7, 11) is 0. The molecule has 2 heterocycles. The molecule has 3 N–H and O–H groups in total. The van der Waals surface area contributed by atoms with E-state index in [1.807, 2.05) is 0 Å². The van der Waals surface area contributed by atoms with Crippen molar-refractivity contribution in [3.8, 4) is 0 Å². The van der Waals surface area contributed by atoms with Crippen molar-refractivity contribution in [2.75, 3.05) is 32.8 Å². The predicted octanol–water partition coefficient (Wildman–Crippen LogP) is 3.16. The summed E-state index contributed by atoms with van der Waals surface area (Å²) in [5.74, 6) is 0.547. The summed E-state index contributed by atoms with van der Waals surface area (Å²) in [6, 6.07) is 21.8. The van der Waals surface area contributed by atoms with Crippen LogP contribution in [0.2, 0.25) is 0 Å². The molecule has 2 fully saturated rings. The molecule has 3 atom stereocenters. The molecule has 28 heavy (non-hydrogen) atoms. The van der Waals surface area contributed by atoms with E-state index in [-0.39, 0.29) is 5.41 Å². The topological polar surface area (TPSA) is 47.5 Å². The van der Waals surface area contributed by atoms with Gasteiger partial charge in [-0.1, -0.05) is 60.7 Å². The highest BCUT2D eigenvalue weighted by Gasteiger charge is 2.37. The molecule has 0 bridgehead atoms. The van der Waals surface area contributed by atoms with Gasteiger partial charge in [0.25, 0.3) is 0 Å². The fraction of sp³-hybridized carbons (Fsp3) is 0.500. The molecule has 0 amide bonds. The lowest BCUT2D eigenvalue weighted by molar-refractivity contribution is 0.0193. The second-order valence-electron chi connectivity index (χ2n) is 8.66. The number of hydrazine groups is 1. The van der Waals surface area contributed by atoms with Crippen LogP contribution in [0.3, 0.4) is 0 Å². The quantitative estimate of drug-likeness (QED) is 0.692. The number of piperidine rings is 1. The van der Waals surface area contributed by atoms with Crippen LogP contribution in [0.1, 0.15) is 36.4 Å². The van der Waals surface area contributed by atoms with Gasteiger partial charge in [-0.2, -0.15) is 0 Å². The highest BCUT2D eigenvalue weighted by Crippen LogP contribution is 2.36. The van der Waals surface area contributed by atoms with Crippen LogP contribution in [0, 0.1) is 11.3 Å². The van der Waals surface area contributed by atoms with Crippen LogP contribution >= 0.6 is 0 Å². The molecule has 2 saturated heterocycles. The summed E-state index contributed by atoms with van der Waals surface area (Å²) in [6.45, 7) is 4.51. The summed E-state index contributed by atoms with van der Waals surface area (Å²) < 4.78 is 0. The van der Waals surface area contributed by atoms with Crippen LogP contribution in [0.5, 0.6) is 0 Å². The third kappa shape index (κ3) is 4.64. The first-order chi connectivity index (χ1) is 13.8. The monoisotopic (exact) mass is 379 g/mol. The second kappa shape index (κ2) is 9.19. The fourth-order valence-corrected chi connectivity index (χ4v) is 4.99. The first-order valence-corrected chi connectivity index (χ1v) is 10.7. The van der Waals surface area contributed by atoms with Crippen molar-refractivity contribution in [2.24, 2.45) is 11.3 Å². The van der Waals surface area contributed by atoms with Gasteiger partial charge >= 0.3 is 0 Å². The van der Waals surface area contributed by atoms with Crippen molar-refractivity contribution >= 4 is 0 Å². The Balaban J connectivity index is 1.38. The lowest BCUT2D eigenvalue weighted by Gasteiger charge is -2.43. The van der Waals surface area contributed by atoms with Gasteiger partial charge in [0.1, 0.15) is 0 Å². The predicted molar refractivity (Wildman–Crippen MR) is 114 cm³/mol. The number of hydrogen-bond donors (Lipinski definition) is 3. The summed E-state index contributed by atoms with van der Waals surface area (Å²) in [4.78, 5) is 2.60. The number of benzene rings is 2. The summed E-state index contributed by atoms with van der Waals surface area (Å²) in [6.07, 6.45) is 4.43. The van der Waals surface area contributed by atoms with E-state index in [0.717, 1.165) is 45.4 Å². The van der Waals surface area contributed by atoms with E-state index in [0.29, 0.717) is 18.6 Å². The Morgan fingerprint density at radius 1 is 1.04 bits per heavy atom. The van der Waals surface area contributed by atoms with Crippen LogP contribution < -0.4 is 10.9 Å². The molecule has 0 saturated carbocycles. The number of likely N-dealkylation sites (tertiary alicyclic amines) is 1. The Bertz CT molecular complexity index is 723. The Morgan fingerprint density at radius 3 is 2.54 bits per heavy atom. The van der Waals surface area contributed by atoms with Crippen molar-refractivity contribution < 1.29 is 5.11 Å². The molecule has 0 spiro atoms.